The van der Waals surface area contributed by atoms with Crippen LogP contribution in [-0.4, -0.2) is 9.55 Å². The first-order chi connectivity index (χ1) is 6.93. The number of hydrogen-bond donors (Lipinski definition) is 1. The number of halogens is 1. The van der Waals surface area contributed by atoms with Crippen molar-refractivity contribution in [1.29, 1.82) is 0 Å². The minimum Gasteiger partial charge on any atom is -0.298 e. The highest BCUT2D eigenvalue weighted by molar-refractivity contribution is 6.29. The molecule has 1 aliphatic rings. The zero-order chi connectivity index (χ0) is 11.2. The quantitative estimate of drug-likeness (QED) is 0.777. The molecule has 0 aromatic carbocycles. The van der Waals surface area contributed by atoms with Crippen molar-refractivity contribution >= 4 is 11.6 Å². The maximum Gasteiger partial charge on any atom is 0.329 e. The van der Waals surface area contributed by atoms with Crippen molar-refractivity contribution in [1.82, 2.24) is 9.55 Å². The van der Waals surface area contributed by atoms with Crippen molar-refractivity contribution in [2.75, 3.05) is 0 Å². The van der Waals surface area contributed by atoms with Crippen LogP contribution in [0.1, 0.15) is 26.7 Å². The Hall–Kier alpha value is -1.03. The molecule has 0 radical (unpaired) electrons. The summed E-state index contributed by atoms with van der Waals surface area (Å²) in [5, 5.41) is 0.0906. The highest BCUT2D eigenvalue weighted by Crippen LogP contribution is 2.42. The zero-order valence-electron chi connectivity index (χ0n) is 8.71. The van der Waals surface area contributed by atoms with Gasteiger partial charge in [0.1, 0.15) is 5.15 Å². The van der Waals surface area contributed by atoms with E-state index >= 15 is 0 Å². The average molecular weight is 229 g/mol. The lowest BCUT2D eigenvalue weighted by Gasteiger charge is -2.26. The van der Waals surface area contributed by atoms with Crippen LogP contribution < -0.4 is 11.2 Å². The van der Waals surface area contributed by atoms with Crippen molar-refractivity contribution in [3.8, 4) is 0 Å². The molecule has 1 fully saturated rings. The van der Waals surface area contributed by atoms with Crippen LogP contribution in [0, 0.1) is 5.92 Å². The van der Waals surface area contributed by atoms with Gasteiger partial charge < -0.3 is 0 Å². The van der Waals surface area contributed by atoms with Gasteiger partial charge in [-0.05, 0) is 32.6 Å². The van der Waals surface area contributed by atoms with Crippen LogP contribution in [-0.2, 0) is 5.54 Å². The summed E-state index contributed by atoms with van der Waals surface area (Å²) >= 11 is 5.60. The molecule has 4 nitrogen and oxygen atoms in total. The Morgan fingerprint density at radius 1 is 1.47 bits per heavy atom. The van der Waals surface area contributed by atoms with E-state index in [1.54, 1.807) is 0 Å². The lowest BCUT2D eigenvalue weighted by molar-refractivity contribution is 0.283. The Kier molecular flexibility index (Phi) is 2.26. The summed E-state index contributed by atoms with van der Waals surface area (Å²) in [5.41, 5.74) is -1.18. The third kappa shape index (κ3) is 1.74. The van der Waals surface area contributed by atoms with E-state index in [0.717, 1.165) is 12.8 Å². The number of nitrogens with zero attached hydrogens (tertiary/aromatic N) is 1. The molecule has 15 heavy (non-hydrogen) atoms. The molecule has 0 bridgehead atoms. The van der Waals surface area contributed by atoms with Gasteiger partial charge in [0.05, 0.1) is 0 Å². The summed E-state index contributed by atoms with van der Waals surface area (Å²) < 4.78 is 1.26. The van der Waals surface area contributed by atoms with Gasteiger partial charge in [0.25, 0.3) is 5.56 Å². The van der Waals surface area contributed by atoms with Gasteiger partial charge in [0.15, 0.2) is 0 Å². The van der Waals surface area contributed by atoms with Crippen LogP contribution in [0.15, 0.2) is 15.7 Å². The summed E-state index contributed by atoms with van der Waals surface area (Å²) in [6.45, 7) is 3.82. The number of nitrogens with one attached hydrogen (secondary N) is 1. The Morgan fingerprint density at radius 2 is 2.07 bits per heavy atom. The highest BCUT2D eigenvalue weighted by atomic mass is 35.5. The monoisotopic (exact) mass is 228 g/mol. The molecule has 5 heteroatoms. The molecule has 1 saturated carbocycles. The van der Waals surface area contributed by atoms with Crippen molar-refractivity contribution < 1.29 is 0 Å². The summed E-state index contributed by atoms with van der Waals surface area (Å²) in [5.74, 6) is 0.414. The standard InChI is InChI=1S/C10H13ClN2O2/c1-10(2,6-3-4-6)13-8(14)5-7(11)12-9(13)15/h5-6H,3-4H2,1-2H3,(H,12,15). The van der Waals surface area contributed by atoms with Gasteiger partial charge >= 0.3 is 5.69 Å². The van der Waals surface area contributed by atoms with Gasteiger partial charge in [-0.25, -0.2) is 4.79 Å². The third-order valence-electron chi connectivity index (χ3n) is 3.05. The number of aromatic amines is 1. The molecule has 0 unspecified atom stereocenters. The summed E-state index contributed by atoms with van der Waals surface area (Å²) in [7, 11) is 0. The van der Waals surface area contributed by atoms with E-state index in [1.807, 2.05) is 13.8 Å². The van der Waals surface area contributed by atoms with E-state index in [0.29, 0.717) is 5.92 Å². The molecule has 0 spiro atoms. The van der Waals surface area contributed by atoms with Gasteiger partial charge in [0, 0.05) is 11.6 Å². The largest absolute Gasteiger partial charge is 0.329 e. The van der Waals surface area contributed by atoms with Gasteiger partial charge in [-0.15, -0.1) is 0 Å². The molecule has 82 valence electrons. The summed E-state index contributed by atoms with van der Waals surface area (Å²) in [4.78, 5) is 25.8. The first kappa shape index (κ1) is 10.5. The fraction of sp³-hybridized carbons (Fsp3) is 0.600. The van der Waals surface area contributed by atoms with Crippen molar-refractivity contribution in [3.05, 3.63) is 32.1 Å². The van der Waals surface area contributed by atoms with Crippen LogP contribution in [0.4, 0.5) is 0 Å². The Balaban J connectivity index is 2.62. The molecular formula is C10H13ClN2O2. The molecule has 0 saturated heterocycles. The predicted molar refractivity (Wildman–Crippen MR) is 58.4 cm³/mol. The summed E-state index contributed by atoms with van der Waals surface area (Å²) in [6, 6.07) is 1.24. The number of rotatable bonds is 2. The number of H-pyrrole nitrogens is 1. The first-order valence-corrected chi connectivity index (χ1v) is 5.33. The number of aromatic nitrogens is 2. The fourth-order valence-electron chi connectivity index (χ4n) is 1.99. The Morgan fingerprint density at radius 3 is 2.53 bits per heavy atom. The highest BCUT2D eigenvalue weighted by Gasteiger charge is 2.40. The van der Waals surface area contributed by atoms with E-state index in [-0.39, 0.29) is 10.7 Å². The van der Waals surface area contributed by atoms with E-state index in [4.69, 9.17) is 11.6 Å². The summed E-state index contributed by atoms with van der Waals surface area (Å²) in [6.07, 6.45) is 2.14. The van der Waals surface area contributed by atoms with Crippen LogP contribution >= 0.6 is 11.6 Å². The molecule has 0 aliphatic heterocycles. The maximum absolute atomic E-state index is 11.7. The van der Waals surface area contributed by atoms with E-state index in [1.165, 1.54) is 10.6 Å². The van der Waals surface area contributed by atoms with Crippen molar-refractivity contribution in [2.45, 2.75) is 32.2 Å². The molecular weight excluding hydrogens is 216 g/mol. The fourth-order valence-corrected chi connectivity index (χ4v) is 2.16. The molecule has 1 heterocycles. The number of hydrogen-bond acceptors (Lipinski definition) is 2. The van der Waals surface area contributed by atoms with Crippen LogP contribution in [0.3, 0.4) is 0 Å². The molecule has 0 amide bonds. The second-order valence-corrected chi connectivity index (χ2v) is 4.93. The van der Waals surface area contributed by atoms with Crippen LogP contribution in [0.2, 0.25) is 5.15 Å². The molecule has 1 aromatic heterocycles. The van der Waals surface area contributed by atoms with Crippen LogP contribution in [0.25, 0.3) is 0 Å². The minimum absolute atomic E-state index is 0.0906. The first-order valence-electron chi connectivity index (χ1n) is 4.95. The SMILES string of the molecule is CC(C)(C1CC1)n1c(=O)cc(Cl)[nH]c1=O. The van der Waals surface area contributed by atoms with E-state index < -0.39 is 11.2 Å². The van der Waals surface area contributed by atoms with Crippen molar-refractivity contribution in [2.24, 2.45) is 5.92 Å². The van der Waals surface area contributed by atoms with Crippen molar-refractivity contribution in [3.63, 3.8) is 0 Å². The lowest BCUT2D eigenvalue weighted by atomic mass is 9.98. The smallest absolute Gasteiger partial charge is 0.298 e. The van der Waals surface area contributed by atoms with Crippen LogP contribution in [0.5, 0.6) is 0 Å². The minimum atomic E-state index is -0.426. The van der Waals surface area contributed by atoms with Gasteiger partial charge in [-0.2, -0.15) is 0 Å². The maximum atomic E-state index is 11.7. The van der Waals surface area contributed by atoms with Gasteiger partial charge in [-0.1, -0.05) is 11.6 Å². The molecule has 0 atom stereocenters. The Bertz CT molecular complexity index is 466. The predicted octanol–water partition coefficient (Wildman–Crippen LogP) is 1.34. The lowest BCUT2D eigenvalue weighted by Crippen LogP contribution is -2.47. The average Bonchev–Trinajstić information content (AvgIpc) is 2.81. The molecule has 1 aromatic rings. The molecule has 1 aliphatic carbocycles. The molecule has 1 N–H and O–H groups in total. The molecule has 2 rings (SSSR count). The van der Waals surface area contributed by atoms with E-state index in [9.17, 15) is 9.59 Å². The zero-order valence-corrected chi connectivity index (χ0v) is 9.47. The third-order valence-corrected chi connectivity index (χ3v) is 3.26. The second kappa shape index (κ2) is 3.23. The van der Waals surface area contributed by atoms with Gasteiger partial charge in [-0.3, -0.25) is 14.3 Å². The topological polar surface area (TPSA) is 54.9 Å². The van der Waals surface area contributed by atoms with Gasteiger partial charge in [0.2, 0.25) is 0 Å². The second-order valence-electron chi connectivity index (χ2n) is 4.52. The normalized spacial score (nSPS) is 16.7. The Labute approximate surface area is 91.9 Å². The van der Waals surface area contributed by atoms with E-state index in [2.05, 4.69) is 4.98 Å².